The second kappa shape index (κ2) is 14.0. The van der Waals surface area contributed by atoms with Crippen molar-refractivity contribution in [1.29, 1.82) is 0 Å². The zero-order chi connectivity index (χ0) is 63.4. The number of aryl methyl sites for hydroxylation is 2. The monoisotopic (exact) mass is 1240 g/mol. The highest BCUT2D eigenvalue weighted by molar-refractivity contribution is 6.62. The van der Waals surface area contributed by atoms with Crippen molar-refractivity contribution in [3.05, 3.63) is 220 Å². The smallest absolute Gasteiger partial charge is 0.258 e. The molecule has 0 unspecified atom stereocenters. The van der Waals surface area contributed by atoms with E-state index in [1.54, 1.807) is 60.7 Å². The fourth-order valence-electron chi connectivity index (χ4n) is 20.4. The normalized spacial score (nSPS) is 14.0. The first-order valence-corrected chi connectivity index (χ1v) is 31.3. The molecule has 0 aliphatic heterocycles. The van der Waals surface area contributed by atoms with Crippen LogP contribution in [0, 0.1) is 0 Å². The zero-order valence-corrected chi connectivity index (χ0v) is 48.4. The van der Waals surface area contributed by atoms with Crippen LogP contribution in [0.5, 0.6) is 0 Å². The zero-order valence-electron chi connectivity index (χ0n) is 48.4. The Morgan fingerprint density at radius 1 is 0.146 bits per heavy atom. The summed E-state index contributed by atoms with van der Waals surface area (Å²) in [7, 11) is 0. The van der Waals surface area contributed by atoms with Gasteiger partial charge < -0.3 is 0 Å². The molecule has 6 heterocycles. The van der Waals surface area contributed by atoms with E-state index in [-0.39, 0.29) is 53.9 Å². The summed E-state index contributed by atoms with van der Waals surface area (Å²) in [6, 6.07) is 24.7. The van der Waals surface area contributed by atoms with Gasteiger partial charge in [0.25, 0.3) is 66.7 Å². The van der Waals surface area contributed by atoms with Crippen molar-refractivity contribution in [3.8, 4) is 0 Å². The summed E-state index contributed by atoms with van der Waals surface area (Å²) in [4.78, 5) is 192. The Bertz CT molecular complexity index is 8660. The van der Waals surface area contributed by atoms with Crippen molar-refractivity contribution in [3.63, 3.8) is 0 Å². The van der Waals surface area contributed by atoms with E-state index in [1.165, 1.54) is 0 Å². The average Bonchev–Trinajstić information content (AvgIpc) is 0.648. The number of aromatic nitrogens is 6. The molecule has 18 nitrogen and oxygen atoms in total. The predicted octanol–water partition coefficient (Wildman–Crippen LogP) is 10.4. The number of pyridine rings is 6. The van der Waals surface area contributed by atoms with E-state index in [9.17, 15) is 38.4 Å². The molecular weight excluding hydrogens is 1210 g/mol. The number of H-pyrrole nitrogens is 6. The van der Waals surface area contributed by atoms with E-state index in [4.69, 9.17) is 0 Å². The molecule has 6 aromatic heterocycles. The molecule has 26 rings (SSSR count). The molecule has 0 bridgehead atoms. The predicted molar refractivity (Wildman–Crippen MR) is 381 cm³/mol. The maximum Gasteiger partial charge on any atom is 0.258 e. The van der Waals surface area contributed by atoms with Gasteiger partial charge >= 0.3 is 0 Å². The summed E-state index contributed by atoms with van der Waals surface area (Å²) in [6.07, 6.45) is 0.951. The number of nitrogens with one attached hydrogen (secondary N) is 6. The molecule has 0 radical (unpaired) electrons. The molecule has 0 amide bonds. The Balaban J connectivity index is 1.05. The van der Waals surface area contributed by atoms with E-state index in [1.807, 2.05) is 24.3 Å². The molecule has 0 spiro atoms. The Labute approximate surface area is 519 Å². The quantitative estimate of drug-likeness (QED) is 0.0610. The lowest BCUT2D eigenvalue weighted by atomic mass is 9.73. The van der Waals surface area contributed by atoms with Gasteiger partial charge in [-0.25, -0.2) is 0 Å². The van der Waals surface area contributed by atoms with Crippen LogP contribution in [0.2, 0.25) is 0 Å². The van der Waals surface area contributed by atoms with Crippen LogP contribution in [0.3, 0.4) is 0 Å². The molecule has 0 saturated heterocycles. The van der Waals surface area contributed by atoms with Gasteiger partial charge in [-0.3, -0.25) is 87.4 Å². The van der Waals surface area contributed by atoms with E-state index in [0.29, 0.717) is 207 Å². The van der Waals surface area contributed by atoms with Crippen LogP contribution >= 0.6 is 0 Å². The van der Waals surface area contributed by atoms with Gasteiger partial charge in [-0.2, -0.15) is 0 Å². The van der Waals surface area contributed by atoms with Crippen molar-refractivity contribution in [2.45, 2.75) is 12.8 Å². The minimum atomic E-state index is -0.708. The number of aromatic amines is 6. The lowest BCUT2D eigenvalue weighted by molar-refractivity contribution is 0.971. The average molecular weight is 1240 g/mol. The van der Waals surface area contributed by atoms with E-state index < -0.39 is 66.7 Å². The Kier molecular flexibility index (Phi) is 6.90. The Hall–Kier alpha value is -13.5. The molecule has 96 heavy (non-hydrogen) atoms. The van der Waals surface area contributed by atoms with Crippen LogP contribution in [0.4, 0.5) is 0 Å². The molecule has 0 saturated carbocycles. The van der Waals surface area contributed by atoms with Gasteiger partial charge in [0.2, 0.25) is 0 Å². The highest BCUT2D eigenvalue weighted by Gasteiger charge is 2.37. The first-order chi connectivity index (χ1) is 46.6. The van der Waals surface area contributed by atoms with Gasteiger partial charge in [-0.05, 0) is 248 Å². The van der Waals surface area contributed by atoms with Crippen molar-refractivity contribution in [2.75, 3.05) is 0 Å². The number of hydrogen-bond acceptors (Lipinski definition) is 12. The minimum absolute atomic E-state index is 0.123. The Morgan fingerprint density at radius 3 is 0.542 bits per heavy atom. The summed E-state index contributed by atoms with van der Waals surface area (Å²) < 4.78 is 0. The van der Waals surface area contributed by atoms with Crippen LogP contribution in [-0.2, 0) is 12.8 Å². The molecule has 18 heteroatoms. The molecule has 1 aliphatic rings. The van der Waals surface area contributed by atoms with Crippen LogP contribution in [0.15, 0.2) is 142 Å². The SMILES string of the molecule is O=c1[nH]c(=O)c2cc3c4c5cc6c(=O)[nH]c(=O)c7cc8c9c%10cc%11c(=O)[nH]c(=O)c%12cc%13c%14c%15c(cc%16c(=O)[nH]c(=O)c%17cc(c9c9cc%18c(=O)[nH]c(=O)c%19cc(c4c4cc%20c(=O)[nH]c(=O)c%21ccc%22c%23ccc1c2c%23c3c4c%22c%21%20)c1c5c(c67)c8c9c1c%19%18)c(c%10c%14c%12%11)c%15c%16%17)CC%13. The lowest BCUT2D eigenvalue weighted by Crippen LogP contribution is -2.22. The molecule has 0 atom stereocenters. The number of benzene rings is 19. The van der Waals surface area contributed by atoms with Gasteiger partial charge in [-0.1, -0.05) is 12.1 Å². The van der Waals surface area contributed by atoms with Gasteiger partial charge in [0.15, 0.2) is 0 Å². The Morgan fingerprint density at radius 2 is 0.302 bits per heavy atom. The standard InChI is InChI=1S/C78H24N6O12/c85-67-21-5-3-19-20-4-6-22-44-34(72(90)80-68(22)86)10-24-46-28-14-38-52-40(78(96)84-76(38)94)16-30-48-26-12-36-50-32(70(88)82-74(36)92)8-18-2-1-17-7-31-49-35(73(91)81-69(31)87)11-25(57-58(26)64(50)42(18)41(17)63(49)57)47(48)29-15-39-51-37(75(93)83-77(39)95)13-27(59-60(28)66(52)62(30)61(29)65(51)59)45(46)23-9-33(71(89)79-67)43(21)53(19)55(23)56(24)54(20)44/h3-16H,1-2H2,(H,79,85,89)(H,80,86,90)(H,81,87,91)(H,82,88,92)(H,83,93,95)(H,84,94,96). The lowest BCUT2D eigenvalue weighted by Gasteiger charge is -2.29. The summed E-state index contributed by atoms with van der Waals surface area (Å²) in [5, 5.41) is 21.3. The van der Waals surface area contributed by atoms with Crippen molar-refractivity contribution in [2.24, 2.45) is 0 Å². The van der Waals surface area contributed by atoms with Gasteiger partial charge in [0, 0.05) is 108 Å². The van der Waals surface area contributed by atoms with Crippen LogP contribution in [0.1, 0.15) is 11.1 Å². The second-order valence-electron chi connectivity index (χ2n) is 27.2. The highest BCUT2D eigenvalue weighted by atomic mass is 16.2. The summed E-state index contributed by atoms with van der Waals surface area (Å²) in [6.45, 7) is 0. The number of fused-ring (bicyclic) bond motifs is 11. The van der Waals surface area contributed by atoms with Gasteiger partial charge in [0.05, 0.1) is 0 Å². The van der Waals surface area contributed by atoms with Crippen molar-refractivity contribution < 1.29 is 0 Å². The third kappa shape index (κ3) is 4.47. The summed E-state index contributed by atoms with van der Waals surface area (Å²) >= 11 is 0. The third-order valence-corrected chi connectivity index (χ3v) is 23.5. The largest absolute Gasteiger partial charge is 0.288 e. The number of hydrogen-bond donors (Lipinski definition) is 6. The number of rotatable bonds is 0. The fourth-order valence-corrected chi connectivity index (χ4v) is 20.4. The highest BCUT2D eigenvalue weighted by Crippen LogP contribution is 2.62. The van der Waals surface area contributed by atoms with Crippen molar-refractivity contribution >= 4 is 259 Å². The summed E-state index contributed by atoms with van der Waals surface area (Å²) in [5.41, 5.74) is -6.08. The fraction of sp³-hybridized carbons (Fsp3) is 0.0256. The molecule has 0 fully saturated rings. The minimum Gasteiger partial charge on any atom is -0.288 e. The maximum atomic E-state index is 15.3. The molecule has 6 N–H and O–H groups in total. The second-order valence-corrected chi connectivity index (χ2v) is 27.2. The molecule has 438 valence electrons. The molecular formula is C78H24N6O12. The van der Waals surface area contributed by atoms with Gasteiger partial charge in [0.1, 0.15) is 0 Å². The third-order valence-electron chi connectivity index (χ3n) is 23.5. The maximum absolute atomic E-state index is 15.3. The molecule has 19 aromatic carbocycles. The van der Waals surface area contributed by atoms with Crippen LogP contribution in [-0.4, -0.2) is 29.9 Å². The van der Waals surface area contributed by atoms with Crippen molar-refractivity contribution in [1.82, 2.24) is 29.9 Å². The molecule has 1 aliphatic carbocycles. The van der Waals surface area contributed by atoms with Gasteiger partial charge in [-0.15, -0.1) is 0 Å². The van der Waals surface area contributed by atoms with Crippen LogP contribution < -0.4 is 66.7 Å². The summed E-state index contributed by atoms with van der Waals surface area (Å²) in [5.74, 6) is 0. The first kappa shape index (κ1) is 47.4. The topological polar surface area (TPSA) is 300 Å². The van der Waals surface area contributed by atoms with E-state index in [2.05, 4.69) is 29.9 Å². The van der Waals surface area contributed by atoms with Crippen LogP contribution in [0.25, 0.3) is 259 Å². The van der Waals surface area contributed by atoms with E-state index in [0.717, 1.165) is 21.9 Å². The first-order valence-electron chi connectivity index (χ1n) is 31.3. The van der Waals surface area contributed by atoms with E-state index >= 15 is 19.2 Å². The molecule has 25 aromatic rings.